The zero-order valence-corrected chi connectivity index (χ0v) is 9.30. The Kier molecular flexibility index (Phi) is 2.06. The predicted molar refractivity (Wildman–Crippen MR) is 56.6 cm³/mol. The van der Waals surface area contributed by atoms with Crippen molar-refractivity contribution in [3.8, 4) is 11.5 Å². The summed E-state index contributed by atoms with van der Waals surface area (Å²) in [7, 11) is 1.39. The molecule has 1 aromatic rings. The van der Waals surface area contributed by atoms with Crippen LogP contribution in [0.5, 0.6) is 11.5 Å². The monoisotopic (exact) mass is 236 g/mol. The third kappa shape index (κ3) is 1.46. The van der Waals surface area contributed by atoms with Gasteiger partial charge in [-0.2, -0.15) is 0 Å². The SMILES string of the molecule is COC(=O)C1(c2ccc3c(c2)OC(O)O3)CC1. The number of hydrogen-bond acceptors (Lipinski definition) is 5. The number of rotatable bonds is 2. The lowest BCUT2D eigenvalue weighted by atomic mass is 9.96. The standard InChI is InChI=1S/C12H12O5/c1-15-10(13)12(4-5-12)7-2-3-8-9(6-7)17-11(14)16-8/h2-3,6,11,14H,4-5H2,1H3. The molecule has 1 aromatic carbocycles. The van der Waals surface area contributed by atoms with Crippen LogP contribution in [0.3, 0.4) is 0 Å². The van der Waals surface area contributed by atoms with Crippen molar-refractivity contribution >= 4 is 5.97 Å². The number of aliphatic hydroxyl groups is 1. The number of carbonyl (C=O) groups excluding carboxylic acids is 1. The van der Waals surface area contributed by atoms with E-state index in [1.165, 1.54) is 7.11 Å². The van der Waals surface area contributed by atoms with Gasteiger partial charge in [-0.1, -0.05) is 6.07 Å². The number of ether oxygens (including phenoxy) is 3. The summed E-state index contributed by atoms with van der Waals surface area (Å²) in [6.45, 7) is -1.26. The lowest BCUT2D eigenvalue weighted by Crippen LogP contribution is -2.21. The molecule has 1 fully saturated rings. The normalized spacial score (nSPS) is 23.3. The van der Waals surface area contributed by atoms with Crippen molar-refractivity contribution in [2.75, 3.05) is 7.11 Å². The molecule has 1 N–H and O–H groups in total. The Morgan fingerprint density at radius 1 is 1.41 bits per heavy atom. The van der Waals surface area contributed by atoms with Crippen LogP contribution >= 0.6 is 0 Å². The fourth-order valence-electron chi connectivity index (χ4n) is 2.17. The summed E-state index contributed by atoms with van der Waals surface area (Å²) in [5.74, 6) is 0.726. The molecule has 90 valence electrons. The third-order valence-corrected chi connectivity index (χ3v) is 3.28. The van der Waals surface area contributed by atoms with Crippen molar-refractivity contribution < 1.29 is 24.1 Å². The van der Waals surface area contributed by atoms with Gasteiger partial charge in [0, 0.05) is 0 Å². The minimum atomic E-state index is -1.26. The van der Waals surface area contributed by atoms with Crippen molar-refractivity contribution in [3.05, 3.63) is 23.8 Å². The quantitative estimate of drug-likeness (QED) is 0.774. The largest absolute Gasteiger partial charge is 0.468 e. The molecule has 0 amide bonds. The van der Waals surface area contributed by atoms with E-state index in [2.05, 4.69) is 0 Å². The summed E-state index contributed by atoms with van der Waals surface area (Å²) in [5, 5.41) is 9.18. The number of carbonyl (C=O) groups is 1. The summed E-state index contributed by atoms with van der Waals surface area (Å²) in [6, 6.07) is 5.24. The maximum Gasteiger partial charge on any atom is 0.358 e. The van der Waals surface area contributed by atoms with Gasteiger partial charge in [-0.05, 0) is 30.5 Å². The van der Waals surface area contributed by atoms with Crippen LogP contribution in [0, 0.1) is 0 Å². The van der Waals surface area contributed by atoms with Crippen LogP contribution in [-0.2, 0) is 14.9 Å². The van der Waals surface area contributed by atoms with Gasteiger partial charge in [-0.3, -0.25) is 4.79 Å². The molecule has 1 atom stereocenters. The molecule has 17 heavy (non-hydrogen) atoms. The van der Waals surface area contributed by atoms with E-state index in [1.807, 2.05) is 6.07 Å². The topological polar surface area (TPSA) is 65.0 Å². The first kappa shape index (κ1) is 10.4. The van der Waals surface area contributed by atoms with E-state index in [-0.39, 0.29) is 5.97 Å². The first-order valence-electron chi connectivity index (χ1n) is 5.40. The van der Waals surface area contributed by atoms with Crippen LogP contribution in [-0.4, -0.2) is 24.7 Å². The van der Waals surface area contributed by atoms with Crippen molar-refractivity contribution in [1.82, 2.24) is 0 Å². The highest BCUT2D eigenvalue weighted by molar-refractivity contribution is 5.86. The fourth-order valence-corrected chi connectivity index (χ4v) is 2.17. The number of aliphatic hydroxyl groups excluding tert-OH is 1. The van der Waals surface area contributed by atoms with Gasteiger partial charge in [0.25, 0.3) is 0 Å². The van der Waals surface area contributed by atoms with Crippen LogP contribution < -0.4 is 9.47 Å². The maximum absolute atomic E-state index is 11.7. The third-order valence-electron chi connectivity index (χ3n) is 3.28. The second-order valence-corrected chi connectivity index (χ2v) is 4.28. The highest BCUT2D eigenvalue weighted by Gasteiger charge is 2.53. The molecule has 0 radical (unpaired) electrons. The predicted octanol–water partition coefficient (Wildman–Crippen LogP) is 0.938. The average Bonchev–Trinajstić information content (AvgIpc) is 3.04. The van der Waals surface area contributed by atoms with E-state index < -0.39 is 11.9 Å². The van der Waals surface area contributed by atoms with E-state index in [1.54, 1.807) is 12.1 Å². The van der Waals surface area contributed by atoms with Crippen LogP contribution in [0.2, 0.25) is 0 Å². The minimum absolute atomic E-state index is 0.225. The summed E-state index contributed by atoms with van der Waals surface area (Å²) >= 11 is 0. The van der Waals surface area contributed by atoms with Gasteiger partial charge >= 0.3 is 12.4 Å². The van der Waals surface area contributed by atoms with Crippen LogP contribution in [0.4, 0.5) is 0 Å². The van der Waals surface area contributed by atoms with E-state index in [9.17, 15) is 9.90 Å². The van der Waals surface area contributed by atoms with Crippen LogP contribution in [0.25, 0.3) is 0 Å². The highest BCUT2D eigenvalue weighted by Crippen LogP contribution is 2.51. The zero-order valence-electron chi connectivity index (χ0n) is 9.30. The molecule has 5 heteroatoms. The molecule has 2 aliphatic rings. The van der Waals surface area contributed by atoms with Gasteiger partial charge < -0.3 is 19.3 Å². The molecule has 1 aliphatic carbocycles. The lowest BCUT2D eigenvalue weighted by Gasteiger charge is -2.13. The molecule has 1 heterocycles. The number of benzene rings is 1. The van der Waals surface area contributed by atoms with Crippen LogP contribution in [0.1, 0.15) is 18.4 Å². The molecule has 1 aliphatic heterocycles. The Morgan fingerprint density at radius 2 is 2.12 bits per heavy atom. The fraction of sp³-hybridized carbons (Fsp3) is 0.417. The number of fused-ring (bicyclic) bond motifs is 1. The smallest absolute Gasteiger partial charge is 0.358 e. The molecule has 1 unspecified atom stereocenters. The van der Waals surface area contributed by atoms with E-state index >= 15 is 0 Å². The molecule has 0 bridgehead atoms. The van der Waals surface area contributed by atoms with Gasteiger partial charge in [-0.15, -0.1) is 0 Å². The number of hydrogen-bond donors (Lipinski definition) is 1. The number of methoxy groups -OCH3 is 1. The second kappa shape index (κ2) is 3.37. The summed E-state index contributed by atoms with van der Waals surface area (Å²) in [6.07, 6.45) is 1.56. The Balaban J connectivity index is 1.96. The zero-order chi connectivity index (χ0) is 12.0. The molecule has 0 aromatic heterocycles. The van der Waals surface area contributed by atoms with E-state index in [4.69, 9.17) is 14.2 Å². The van der Waals surface area contributed by atoms with Gasteiger partial charge in [0.2, 0.25) is 0 Å². The van der Waals surface area contributed by atoms with E-state index in [0.717, 1.165) is 18.4 Å². The summed E-state index contributed by atoms with van der Waals surface area (Å²) in [4.78, 5) is 11.7. The molecule has 0 saturated heterocycles. The van der Waals surface area contributed by atoms with Gasteiger partial charge in [-0.25, -0.2) is 0 Å². The average molecular weight is 236 g/mol. The molecule has 1 saturated carbocycles. The molecule has 5 nitrogen and oxygen atoms in total. The molecular formula is C12H12O5. The summed E-state index contributed by atoms with van der Waals surface area (Å²) in [5.41, 5.74) is 0.321. The van der Waals surface area contributed by atoms with Crippen LogP contribution in [0.15, 0.2) is 18.2 Å². The van der Waals surface area contributed by atoms with Crippen molar-refractivity contribution in [1.29, 1.82) is 0 Å². The lowest BCUT2D eigenvalue weighted by molar-refractivity contribution is -0.143. The highest BCUT2D eigenvalue weighted by atomic mass is 16.8. The molecular weight excluding hydrogens is 224 g/mol. The Labute approximate surface area is 97.9 Å². The van der Waals surface area contributed by atoms with Crippen molar-refractivity contribution in [3.63, 3.8) is 0 Å². The Morgan fingerprint density at radius 3 is 2.76 bits per heavy atom. The Hall–Kier alpha value is -1.75. The van der Waals surface area contributed by atoms with Gasteiger partial charge in [0.15, 0.2) is 11.5 Å². The summed E-state index contributed by atoms with van der Waals surface area (Å²) < 4.78 is 14.9. The van der Waals surface area contributed by atoms with Crippen molar-refractivity contribution in [2.24, 2.45) is 0 Å². The maximum atomic E-state index is 11.7. The van der Waals surface area contributed by atoms with Crippen molar-refractivity contribution in [2.45, 2.75) is 24.7 Å². The first-order chi connectivity index (χ1) is 8.15. The minimum Gasteiger partial charge on any atom is -0.468 e. The first-order valence-corrected chi connectivity index (χ1v) is 5.40. The van der Waals surface area contributed by atoms with E-state index in [0.29, 0.717) is 11.5 Å². The second-order valence-electron chi connectivity index (χ2n) is 4.28. The number of esters is 1. The molecule has 3 rings (SSSR count). The Bertz CT molecular complexity index is 478. The van der Waals surface area contributed by atoms with Gasteiger partial charge in [0.05, 0.1) is 12.5 Å². The molecule has 0 spiro atoms. The van der Waals surface area contributed by atoms with Gasteiger partial charge in [0.1, 0.15) is 0 Å².